The third-order valence-corrected chi connectivity index (χ3v) is 4.13. The van der Waals surface area contributed by atoms with Crippen molar-refractivity contribution >= 4 is 31.9 Å². The van der Waals surface area contributed by atoms with Crippen LogP contribution in [-0.4, -0.2) is 5.11 Å². The Kier molecular flexibility index (Phi) is 4.43. The van der Waals surface area contributed by atoms with Gasteiger partial charge >= 0.3 is 0 Å². The van der Waals surface area contributed by atoms with E-state index in [1.807, 2.05) is 24.3 Å². The molecular formula is C15H13Br2FO. The Morgan fingerprint density at radius 2 is 1.74 bits per heavy atom. The molecule has 2 aromatic rings. The molecule has 0 radical (unpaired) electrons. The van der Waals surface area contributed by atoms with Crippen LogP contribution in [0.15, 0.2) is 51.4 Å². The van der Waals surface area contributed by atoms with Gasteiger partial charge in [0.2, 0.25) is 0 Å². The zero-order chi connectivity index (χ0) is 14.0. The third-order valence-electron chi connectivity index (χ3n) is 3.00. The standard InChI is InChI=1S/C15H13Br2FO/c1-15(19,11-3-5-12(16)6-4-11)9-10-2-7-14(18)13(17)8-10/h2-8,19H,9H2,1H3. The Bertz CT molecular complexity index is 579. The predicted molar refractivity (Wildman–Crippen MR) is 81.5 cm³/mol. The maximum absolute atomic E-state index is 13.2. The molecule has 0 aliphatic carbocycles. The molecule has 0 saturated carbocycles. The van der Waals surface area contributed by atoms with Gasteiger partial charge in [0.25, 0.3) is 0 Å². The van der Waals surface area contributed by atoms with Crippen molar-refractivity contribution < 1.29 is 9.50 Å². The fraction of sp³-hybridized carbons (Fsp3) is 0.200. The molecule has 0 aliphatic heterocycles. The Hall–Kier alpha value is -0.710. The quantitative estimate of drug-likeness (QED) is 0.801. The second-order valence-electron chi connectivity index (χ2n) is 4.71. The smallest absolute Gasteiger partial charge is 0.137 e. The number of aliphatic hydroxyl groups is 1. The Morgan fingerprint density at radius 1 is 1.11 bits per heavy atom. The van der Waals surface area contributed by atoms with E-state index in [1.54, 1.807) is 19.1 Å². The van der Waals surface area contributed by atoms with Crippen LogP contribution in [0.5, 0.6) is 0 Å². The van der Waals surface area contributed by atoms with Crippen LogP contribution < -0.4 is 0 Å². The first-order chi connectivity index (χ1) is 8.88. The summed E-state index contributed by atoms with van der Waals surface area (Å²) in [7, 11) is 0. The van der Waals surface area contributed by atoms with E-state index in [0.29, 0.717) is 10.9 Å². The molecule has 2 aromatic carbocycles. The Morgan fingerprint density at radius 3 is 2.32 bits per heavy atom. The van der Waals surface area contributed by atoms with Gasteiger partial charge in [-0.05, 0) is 58.2 Å². The largest absolute Gasteiger partial charge is 0.385 e. The van der Waals surface area contributed by atoms with Gasteiger partial charge in [0.05, 0.1) is 10.1 Å². The summed E-state index contributed by atoms with van der Waals surface area (Å²) in [5.41, 5.74) is 0.718. The molecule has 1 unspecified atom stereocenters. The van der Waals surface area contributed by atoms with E-state index in [-0.39, 0.29) is 5.82 Å². The predicted octanol–water partition coefficient (Wildman–Crippen LogP) is 4.80. The van der Waals surface area contributed by atoms with Crippen LogP contribution in [0.1, 0.15) is 18.1 Å². The average molecular weight is 388 g/mol. The van der Waals surface area contributed by atoms with Gasteiger partial charge in [-0.2, -0.15) is 0 Å². The summed E-state index contributed by atoms with van der Waals surface area (Å²) in [5.74, 6) is -0.299. The van der Waals surface area contributed by atoms with Crippen molar-refractivity contribution in [2.45, 2.75) is 18.9 Å². The van der Waals surface area contributed by atoms with Gasteiger partial charge in [0.1, 0.15) is 5.82 Å². The number of hydrogen-bond donors (Lipinski definition) is 1. The lowest BCUT2D eigenvalue weighted by Crippen LogP contribution is -2.24. The zero-order valence-electron chi connectivity index (χ0n) is 10.3. The van der Waals surface area contributed by atoms with E-state index in [2.05, 4.69) is 31.9 Å². The molecule has 0 bridgehead atoms. The minimum absolute atomic E-state index is 0.299. The second kappa shape index (κ2) is 5.73. The van der Waals surface area contributed by atoms with E-state index in [1.165, 1.54) is 6.07 Å². The summed E-state index contributed by atoms with van der Waals surface area (Å²) in [6.07, 6.45) is 0.424. The molecule has 19 heavy (non-hydrogen) atoms. The summed E-state index contributed by atoms with van der Waals surface area (Å²) in [6.45, 7) is 1.76. The van der Waals surface area contributed by atoms with Crippen molar-refractivity contribution in [3.05, 3.63) is 68.4 Å². The van der Waals surface area contributed by atoms with E-state index in [9.17, 15) is 9.50 Å². The fourth-order valence-electron chi connectivity index (χ4n) is 1.96. The molecule has 0 fully saturated rings. The Labute approximate surface area is 128 Å². The number of halogens is 3. The molecule has 1 nitrogen and oxygen atoms in total. The average Bonchev–Trinajstić information content (AvgIpc) is 2.34. The maximum Gasteiger partial charge on any atom is 0.137 e. The summed E-state index contributed by atoms with van der Waals surface area (Å²) in [4.78, 5) is 0. The summed E-state index contributed by atoms with van der Waals surface area (Å²) >= 11 is 6.52. The van der Waals surface area contributed by atoms with Gasteiger partial charge in [-0.1, -0.05) is 34.1 Å². The fourth-order valence-corrected chi connectivity index (χ4v) is 2.65. The van der Waals surface area contributed by atoms with Crippen molar-refractivity contribution in [1.29, 1.82) is 0 Å². The number of hydrogen-bond acceptors (Lipinski definition) is 1. The highest BCUT2D eigenvalue weighted by Crippen LogP contribution is 2.28. The SMILES string of the molecule is CC(O)(Cc1ccc(F)c(Br)c1)c1ccc(Br)cc1. The highest BCUT2D eigenvalue weighted by Gasteiger charge is 2.23. The monoisotopic (exact) mass is 386 g/mol. The first kappa shape index (κ1) is 14.7. The summed E-state index contributed by atoms with van der Waals surface area (Å²) < 4.78 is 14.6. The molecule has 2 rings (SSSR count). The van der Waals surface area contributed by atoms with Crippen molar-refractivity contribution in [3.63, 3.8) is 0 Å². The molecule has 4 heteroatoms. The van der Waals surface area contributed by atoms with Gasteiger partial charge in [-0.25, -0.2) is 4.39 Å². The minimum Gasteiger partial charge on any atom is -0.385 e. The molecule has 0 heterocycles. The molecule has 1 atom stereocenters. The Balaban J connectivity index is 2.25. The molecule has 0 saturated heterocycles. The minimum atomic E-state index is -0.988. The zero-order valence-corrected chi connectivity index (χ0v) is 13.5. The molecule has 100 valence electrons. The molecule has 0 aliphatic rings. The topological polar surface area (TPSA) is 20.2 Å². The van der Waals surface area contributed by atoms with Crippen molar-refractivity contribution in [2.75, 3.05) is 0 Å². The molecule has 0 amide bonds. The first-order valence-electron chi connectivity index (χ1n) is 5.81. The molecule has 0 aromatic heterocycles. The molecular weight excluding hydrogens is 375 g/mol. The van der Waals surface area contributed by atoms with Crippen LogP contribution in [0.3, 0.4) is 0 Å². The first-order valence-corrected chi connectivity index (χ1v) is 7.39. The van der Waals surface area contributed by atoms with Crippen LogP contribution in [0.2, 0.25) is 0 Å². The second-order valence-corrected chi connectivity index (χ2v) is 6.48. The van der Waals surface area contributed by atoms with Crippen LogP contribution in [0.25, 0.3) is 0 Å². The lowest BCUT2D eigenvalue weighted by atomic mass is 9.89. The highest BCUT2D eigenvalue weighted by atomic mass is 79.9. The van der Waals surface area contributed by atoms with Gasteiger partial charge in [-0.3, -0.25) is 0 Å². The third kappa shape index (κ3) is 3.65. The normalized spacial score (nSPS) is 14.2. The van der Waals surface area contributed by atoms with Crippen LogP contribution in [-0.2, 0) is 12.0 Å². The van der Waals surface area contributed by atoms with E-state index in [0.717, 1.165) is 15.6 Å². The van der Waals surface area contributed by atoms with Crippen molar-refractivity contribution in [1.82, 2.24) is 0 Å². The van der Waals surface area contributed by atoms with E-state index < -0.39 is 5.60 Å². The van der Waals surface area contributed by atoms with Crippen molar-refractivity contribution in [2.24, 2.45) is 0 Å². The van der Waals surface area contributed by atoms with Gasteiger partial charge in [-0.15, -0.1) is 0 Å². The molecule has 0 spiro atoms. The van der Waals surface area contributed by atoms with Gasteiger partial charge in [0.15, 0.2) is 0 Å². The lowest BCUT2D eigenvalue weighted by molar-refractivity contribution is 0.0576. The number of rotatable bonds is 3. The summed E-state index contributed by atoms with van der Waals surface area (Å²) in [6, 6.07) is 12.3. The maximum atomic E-state index is 13.2. The van der Waals surface area contributed by atoms with Gasteiger partial charge < -0.3 is 5.11 Å². The van der Waals surface area contributed by atoms with Gasteiger partial charge in [0, 0.05) is 10.9 Å². The summed E-state index contributed by atoms with van der Waals surface area (Å²) in [5, 5.41) is 10.6. The van der Waals surface area contributed by atoms with Crippen LogP contribution >= 0.6 is 31.9 Å². The van der Waals surface area contributed by atoms with E-state index in [4.69, 9.17) is 0 Å². The highest BCUT2D eigenvalue weighted by molar-refractivity contribution is 9.10. The van der Waals surface area contributed by atoms with Crippen LogP contribution in [0.4, 0.5) is 4.39 Å². The van der Waals surface area contributed by atoms with E-state index >= 15 is 0 Å². The van der Waals surface area contributed by atoms with Crippen molar-refractivity contribution in [3.8, 4) is 0 Å². The number of benzene rings is 2. The molecule has 1 N–H and O–H groups in total. The lowest BCUT2D eigenvalue weighted by Gasteiger charge is -2.24. The van der Waals surface area contributed by atoms with Crippen LogP contribution in [0, 0.1) is 5.82 Å².